The van der Waals surface area contributed by atoms with E-state index in [1.54, 1.807) is 0 Å². The summed E-state index contributed by atoms with van der Waals surface area (Å²) < 4.78 is 5.10. The normalized spacial score (nSPS) is 12.7. The molecule has 0 radical (unpaired) electrons. The number of H-pyrrole nitrogens is 1. The maximum Gasteiger partial charge on any atom is 0.417 e. The molecule has 0 aliphatic carbocycles. The van der Waals surface area contributed by atoms with Gasteiger partial charge in [-0.15, -0.1) is 0 Å². The zero-order valence-corrected chi connectivity index (χ0v) is 11.6. The first-order chi connectivity index (χ1) is 9.67. The highest BCUT2D eigenvalue weighted by molar-refractivity contribution is 6.30. The summed E-state index contributed by atoms with van der Waals surface area (Å²) in [4.78, 5) is 13.8. The molecule has 0 spiro atoms. The molecule has 3 aromatic rings. The van der Waals surface area contributed by atoms with Crippen LogP contribution in [-0.2, 0) is 0 Å². The van der Waals surface area contributed by atoms with Gasteiger partial charge in [0, 0.05) is 5.02 Å². The molecule has 0 amide bonds. The van der Waals surface area contributed by atoms with Gasteiger partial charge in [0.25, 0.3) is 0 Å². The average molecular weight is 289 g/mol. The highest BCUT2D eigenvalue weighted by Gasteiger charge is 2.13. The molecule has 2 N–H and O–H groups in total. The number of oxazole rings is 1. The van der Waals surface area contributed by atoms with Crippen molar-refractivity contribution in [3.05, 3.63) is 69.2 Å². The van der Waals surface area contributed by atoms with Gasteiger partial charge in [-0.25, -0.2) is 4.79 Å². The van der Waals surface area contributed by atoms with E-state index >= 15 is 0 Å². The molecule has 0 aliphatic heterocycles. The lowest BCUT2D eigenvalue weighted by Crippen LogP contribution is -2.17. The van der Waals surface area contributed by atoms with E-state index in [1.807, 2.05) is 49.5 Å². The van der Waals surface area contributed by atoms with Crippen LogP contribution in [0.25, 0.3) is 11.1 Å². The van der Waals surface area contributed by atoms with Crippen LogP contribution < -0.4 is 11.1 Å². The zero-order chi connectivity index (χ0) is 14.1. The van der Waals surface area contributed by atoms with Crippen LogP contribution >= 0.6 is 11.6 Å². The maximum atomic E-state index is 11.2. The summed E-state index contributed by atoms with van der Waals surface area (Å²) in [5.74, 6) is -0.440. The van der Waals surface area contributed by atoms with Gasteiger partial charge in [-0.1, -0.05) is 29.8 Å². The molecule has 0 saturated heterocycles. The van der Waals surface area contributed by atoms with E-state index in [0.29, 0.717) is 16.1 Å². The first kappa shape index (κ1) is 13.0. The summed E-state index contributed by atoms with van der Waals surface area (Å²) in [6.07, 6.45) is 0. The van der Waals surface area contributed by atoms with Crippen LogP contribution in [0.1, 0.15) is 17.2 Å². The lowest BCUT2D eigenvalue weighted by molar-refractivity contribution is 0.554. The van der Waals surface area contributed by atoms with Crippen LogP contribution in [0.15, 0.2) is 51.7 Å². The van der Waals surface area contributed by atoms with Crippen LogP contribution in [0.4, 0.5) is 0 Å². The number of benzene rings is 2. The quantitative estimate of drug-likeness (QED) is 0.779. The molecule has 0 fully saturated rings. The standard InChI is InChI=1S/C15H13ClN2O2/c1-17-14(9-2-5-11(16)6-3-9)10-4-7-12-13(8-10)20-15(19)18-12/h2-8,14,17H,1H3,(H,18,19). The minimum absolute atomic E-state index is 0.0110. The largest absolute Gasteiger partial charge is 0.417 e. The molecule has 1 unspecified atom stereocenters. The van der Waals surface area contributed by atoms with Gasteiger partial charge in [-0.3, -0.25) is 4.98 Å². The molecule has 1 heterocycles. The Bertz CT molecular complexity index is 789. The van der Waals surface area contributed by atoms with Crippen molar-refractivity contribution in [2.24, 2.45) is 0 Å². The third-order valence-electron chi connectivity index (χ3n) is 3.27. The van der Waals surface area contributed by atoms with Crippen molar-refractivity contribution in [3.8, 4) is 0 Å². The Balaban J connectivity index is 2.06. The first-order valence-electron chi connectivity index (χ1n) is 6.23. The number of fused-ring (bicyclic) bond motifs is 1. The number of rotatable bonds is 3. The second kappa shape index (κ2) is 5.15. The van der Waals surface area contributed by atoms with E-state index in [2.05, 4.69) is 10.3 Å². The molecule has 0 bridgehead atoms. The molecule has 3 rings (SSSR count). The molecule has 2 aromatic carbocycles. The smallest absolute Gasteiger partial charge is 0.408 e. The molecule has 4 nitrogen and oxygen atoms in total. The Labute approximate surface area is 120 Å². The Morgan fingerprint density at radius 1 is 1.15 bits per heavy atom. The van der Waals surface area contributed by atoms with Crippen LogP contribution in [-0.4, -0.2) is 12.0 Å². The fourth-order valence-corrected chi connectivity index (χ4v) is 2.45. The van der Waals surface area contributed by atoms with Crippen LogP contribution in [0.5, 0.6) is 0 Å². The molecular weight excluding hydrogens is 276 g/mol. The van der Waals surface area contributed by atoms with Gasteiger partial charge in [0.1, 0.15) is 0 Å². The zero-order valence-electron chi connectivity index (χ0n) is 10.8. The summed E-state index contributed by atoms with van der Waals surface area (Å²) in [6.45, 7) is 0. The van der Waals surface area contributed by atoms with Crippen molar-refractivity contribution in [1.29, 1.82) is 0 Å². The van der Waals surface area contributed by atoms with Crippen LogP contribution in [0.3, 0.4) is 0 Å². The van der Waals surface area contributed by atoms with E-state index in [0.717, 1.165) is 11.1 Å². The Morgan fingerprint density at radius 3 is 2.55 bits per heavy atom. The summed E-state index contributed by atoms with van der Waals surface area (Å²) in [7, 11) is 1.89. The van der Waals surface area contributed by atoms with Crippen molar-refractivity contribution in [1.82, 2.24) is 10.3 Å². The number of hydrogen-bond acceptors (Lipinski definition) is 3. The van der Waals surface area contributed by atoms with Crippen molar-refractivity contribution in [2.45, 2.75) is 6.04 Å². The molecule has 0 aliphatic rings. The lowest BCUT2D eigenvalue weighted by Gasteiger charge is -2.17. The molecule has 0 saturated carbocycles. The Morgan fingerprint density at radius 2 is 1.85 bits per heavy atom. The number of halogens is 1. The maximum absolute atomic E-state index is 11.2. The van der Waals surface area contributed by atoms with Gasteiger partial charge in [0.05, 0.1) is 11.6 Å². The molecule has 1 atom stereocenters. The van der Waals surface area contributed by atoms with Gasteiger partial charge in [0.15, 0.2) is 5.58 Å². The fraction of sp³-hybridized carbons (Fsp3) is 0.133. The molecule has 5 heteroatoms. The van der Waals surface area contributed by atoms with Gasteiger partial charge in [-0.2, -0.15) is 0 Å². The lowest BCUT2D eigenvalue weighted by atomic mass is 9.99. The van der Waals surface area contributed by atoms with Crippen molar-refractivity contribution in [3.63, 3.8) is 0 Å². The molecule has 102 valence electrons. The first-order valence-corrected chi connectivity index (χ1v) is 6.60. The second-order valence-electron chi connectivity index (χ2n) is 4.54. The fourth-order valence-electron chi connectivity index (χ4n) is 2.32. The highest BCUT2D eigenvalue weighted by atomic mass is 35.5. The Kier molecular flexibility index (Phi) is 3.34. The SMILES string of the molecule is CNC(c1ccc(Cl)cc1)c1ccc2[nH]c(=O)oc2c1. The monoisotopic (exact) mass is 288 g/mol. The minimum atomic E-state index is -0.440. The van der Waals surface area contributed by atoms with Gasteiger partial charge in [0.2, 0.25) is 0 Å². The minimum Gasteiger partial charge on any atom is -0.408 e. The topological polar surface area (TPSA) is 58.0 Å². The molecular formula is C15H13ClN2O2. The predicted molar refractivity (Wildman–Crippen MR) is 79.2 cm³/mol. The second-order valence-corrected chi connectivity index (χ2v) is 4.98. The van der Waals surface area contributed by atoms with Gasteiger partial charge >= 0.3 is 5.76 Å². The van der Waals surface area contributed by atoms with E-state index in [1.165, 1.54) is 0 Å². The summed E-state index contributed by atoms with van der Waals surface area (Å²) >= 11 is 5.91. The molecule has 20 heavy (non-hydrogen) atoms. The molecule has 1 aromatic heterocycles. The van der Waals surface area contributed by atoms with Gasteiger partial charge in [-0.05, 0) is 42.4 Å². The average Bonchev–Trinajstić information content (AvgIpc) is 2.81. The van der Waals surface area contributed by atoms with E-state index in [-0.39, 0.29) is 6.04 Å². The van der Waals surface area contributed by atoms with E-state index < -0.39 is 5.76 Å². The van der Waals surface area contributed by atoms with Gasteiger partial charge < -0.3 is 9.73 Å². The predicted octanol–water partition coefficient (Wildman–Crippen LogP) is 3.08. The third-order valence-corrected chi connectivity index (χ3v) is 3.52. The number of aromatic nitrogens is 1. The summed E-state index contributed by atoms with van der Waals surface area (Å²) in [5.41, 5.74) is 3.37. The van der Waals surface area contributed by atoms with E-state index in [9.17, 15) is 4.79 Å². The summed E-state index contributed by atoms with van der Waals surface area (Å²) in [5, 5.41) is 3.96. The van der Waals surface area contributed by atoms with E-state index in [4.69, 9.17) is 16.0 Å². The third kappa shape index (κ3) is 2.35. The Hall–Kier alpha value is -2.04. The van der Waals surface area contributed by atoms with Crippen LogP contribution in [0.2, 0.25) is 5.02 Å². The number of nitrogens with one attached hydrogen (secondary N) is 2. The van der Waals surface area contributed by atoms with Crippen molar-refractivity contribution in [2.75, 3.05) is 7.05 Å². The van der Waals surface area contributed by atoms with Crippen molar-refractivity contribution >= 4 is 22.7 Å². The highest BCUT2D eigenvalue weighted by Crippen LogP contribution is 2.25. The van der Waals surface area contributed by atoms with Crippen LogP contribution in [0, 0.1) is 0 Å². The van der Waals surface area contributed by atoms with Crippen molar-refractivity contribution < 1.29 is 4.42 Å². The number of hydrogen-bond donors (Lipinski definition) is 2. The number of aromatic amines is 1. The summed E-state index contributed by atoms with van der Waals surface area (Å²) in [6, 6.07) is 13.3.